The molecule has 66 heavy (non-hydrogen) atoms. The molecule has 6 aromatic carbocycles. The van der Waals surface area contributed by atoms with Crippen molar-refractivity contribution in [1.29, 1.82) is 0 Å². The number of aryl methyl sites for hydroxylation is 12. The highest BCUT2D eigenvalue weighted by atomic mass is 14.9. The molecule has 3 heteroatoms. The summed E-state index contributed by atoms with van der Waals surface area (Å²) in [4.78, 5) is 0. The minimum Gasteiger partial charge on any atom is -0.201 e. The van der Waals surface area contributed by atoms with E-state index in [-0.39, 0.29) is 0 Å². The lowest BCUT2D eigenvalue weighted by molar-refractivity contribution is -0.660. The van der Waals surface area contributed by atoms with Crippen molar-refractivity contribution in [3.63, 3.8) is 0 Å². The largest absolute Gasteiger partial charge is 0.212 e. The number of nitrogens with zero attached hydrogens (tertiary/aromatic N) is 3. The molecule has 9 aromatic rings. The number of hydrogen-bond acceptors (Lipinski definition) is 0. The third-order valence-electron chi connectivity index (χ3n) is 12.6. The first-order valence-corrected chi connectivity index (χ1v) is 22.8. The molecular formula is C63H66N3+3. The van der Waals surface area contributed by atoms with Gasteiger partial charge in [-0.2, -0.15) is 0 Å². The van der Waals surface area contributed by atoms with Crippen LogP contribution in [0.5, 0.6) is 0 Å². The van der Waals surface area contributed by atoms with Crippen molar-refractivity contribution in [1.82, 2.24) is 0 Å². The van der Waals surface area contributed by atoms with Crippen LogP contribution in [0.3, 0.4) is 0 Å². The van der Waals surface area contributed by atoms with Crippen molar-refractivity contribution in [2.45, 2.75) is 62.2 Å². The van der Waals surface area contributed by atoms with Gasteiger partial charge in [-0.15, -0.1) is 0 Å². The van der Waals surface area contributed by atoms with Crippen LogP contribution in [0.2, 0.25) is 0 Å². The summed E-state index contributed by atoms with van der Waals surface area (Å²) in [6.45, 7) is 15.2. The fourth-order valence-corrected chi connectivity index (χ4v) is 8.89. The van der Waals surface area contributed by atoms with Gasteiger partial charge in [-0.3, -0.25) is 0 Å². The molecular weight excluding hydrogens is 799 g/mol. The van der Waals surface area contributed by atoms with Crippen LogP contribution < -0.4 is 13.7 Å². The van der Waals surface area contributed by atoms with Gasteiger partial charge in [0.1, 0.15) is 21.1 Å². The van der Waals surface area contributed by atoms with E-state index in [1.165, 1.54) is 89.3 Å². The van der Waals surface area contributed by atoms with E-state index in [1.54, 1.807) is 12.3 Å². The molecule has 0 bridgehead atoms. The first kappa shape index (κ1) is 42.7. The molecule has 0 saturated carbocycles. The van der Waals surface area contributed by atoms with Crippen molar-refractivity contribution >= 4 is 0 Å². The van der Waals surface area contributed by atoms with Gasteiger partial charge in [-0.05, 0) is 159 Å². The molecule has 0 fully saturated rings. The van der Waals surface area contributed by atoms with Crippen molar-refractivity contribution in [2.24, 2.45) is 21.1 Å². The smallest absolute Gasteiger partial charge is 0.201 e. The standard InChI is InChI=1S/C22H24N.C21H22N.C20H20N/c1-15-12-22(23(5)14-18(15)4)21-13-20(16(2)11-17(21)3)19-9-7-6-8-10-19;1-15-10-11-21(22(4)14-15)20-13-19(16(2)12-17(20)3)18-8-6-5-7-9-18;1-15-9-12-20(21(3)14-15)19-13-18(11-10-16(19)2)17-7-5-4-6-8-17/h6-14H,1-5H3;5-14H,1-4H3;4-14H,1-3H3/q3*+1/i;;1D3. The molecule has 0 amide bonds. The Balaban J connectivity index is 0.000000153. The summed E-state index contributed by atoms with van der Waals surface area (Å²) in [5.41, 5.74) is 25.4. The summed E-state index contributed by atoms with van der Waals surface area (Å²) < 4.78 is 29.0. The molecule has 0 saturated heterocycles. The molecule has 9 rings (SSSR count). The second-order valence-electron chi connectivity index (χ2n) is 17.8. The Labute approximate surface area is 399 Å². The van der Waals surface area contributed by atoms with Crippen molar-refractivity contribution < 1.29 is 17.8 Å². The average Bonchev–Trinajstić information content (AvgIpc) is 3.32. The topological polar surface area (TPSA) is 11.6 Å². The monoisotopic (exact) mass is 868 g/mol. The lowest BCUT2D eigenvalue weighted by atomic mass is 9.93. The molecule has 3 aromatic heterocycles. The Morgan fingerprint density at radius 3 is 1.21 bits per heavy atom. The summed E-state index contributed by atoms with van der Waals surface area (Å²) >= 11 is 0. The molecule has 0 spiro atoms. The molecule has 3 nitrogen and oxygen atoms in total. The summed E-state index contributed by atoms with van der Waals surface area (Å²) in [6.07, 6.45) is 6.08. The molecule has 0 aliphatic rings. The van der Waals surface area contributed by atoms with E-state index in [0.29, 0.717) is 5.56 Å². The Kier molecular flexibility index (Phi) is 13.4. The zero-order valence-electron chi connectivity index (χ0n) is 43.7. The first-order chi connectivity index (χ1) is 32.9. The van der Waals surface area contributed by atoms with Gasteiger partial charge in [0, 0.05) is 55.7 Å². The lowest BCUT2D eigenvalue weighted by Gasteiger charge is -2.12. The van der Waals surface area contributed by atoms with Crippen LogP contribution in [0.25, 0.3) is 67.2 Å². The molecule has 0 atom stereocenters. The van der Waals surface area contributed by atoms with Gasteiger partial charge in [-0.25, -0.2) is 13.7 Å². The number of rotatable bonds is 6. The van der Waals surface area contributed by atoms with E-state index in [4.69, 9.17) is 4.11 Å². The Morgan fingerprint density at radius 2 is 0.712 bits per heavy atom. The predicted octanol–water partition coefficient (Wildman–Crippen LogP) is 14.3. The van der Waals surface area contributed by atoms with Gasteiger partial charge in [-0.1, -0.05) is 115 Å². The molecule has 330 valence electrons. The number of benzene rings is 6. The molecule has 0 radical (unpaired) electrons. The van der Waals surface area contributed by atoms with Crippen molar-refractivity contribution in [3.8, 4) is 67.2 Å². The first-order valence-electron chi connectivity index (χ1n) is 24.3. The highest BCUT2D eigenvalue weighted by Crippen LogP contribution is 2.33. The van der Waals surface area contributed by atoms with Crippen LogP contribution in [-0.4, -0.2) is 0 Å². The SMILES string of the molecule is Cc1cc(-c2cc(-c3ccccc3)c(C)cc2C)[n+](C)cc1C.Cc1ccc(-c2cc(-c3ccccc3)c(C)cc2C)[n+](C)c1.[2H]C([2H])([2H])c1ccc(-c2cc(-c3ccccc3)ccc2C)[n+](C)c1. The maximum Gasteiger partial charge on any atom is 0.212 e. The van der Waals surface area contributed by atoms with Crippen LogP contribution >= 0.6 is 0 Å². The van der Waals surface area contributed by atoms with E-state index in [0.717, 1.165) is 22.4 Å². The van der Waals surface area contributed by atoms with E-state index >= 15 is 0 Å². The van der Waals surface area contributed by atoms with Crippen molar-refractivity contribution in [2.75, 3.05) is 0 Å². The normalized spacial score (nSPS) is 11.6. The average molecular weight is 868 g/mol. The third kappa shape index (κ3) is 10.8. The summed E-state index contributed by atoms with van der Waals surface area (Å²) in [6, 6.07) is 57.4. The number of aromatic nitrogens is 3. The van der Waals surface area contributed by atoms with Crippen LogP contribution in [0.4, 0.5) is 0 Å². The van der Waals surface area contributed by atoms with Gasteiger partial charge >= 0.3 is 0 Å². The Hall–Kier alpha value is -7.23. The number of pyridine rings is 3. The predicted molar refractivity (Wildman–Crippen MR) is 278 cm³/mol. The van der Waals surface area contributed by atoms with E-state index in [9.17, 15) is 0 Å². The fourth-order valence-electron chi connectivity index (χ4n) is 8.89. The highest BCUT2D eigenvalue weighted by molar-refractivity contribution is 5.77. The van der Waals surface area contributed by atoms with Crippen molar-refractivity contribution in [3.05, 3.63) is 232 Å². The van der Waals surface area contributed by atoms with E-state index in [2.05, 4.69) is 224 Å². The summed E-state index contributed by atoms with van der Waals surface area (Å²) in [7, 11) is 6.13. The van der Waals surface area contributed by atoms with E-state index in [1.807, 2.05) is 35.9 Å². The highest BCUT2D eigenvalue weighted by Gasteiger charge is 2.18. The Morgan fingerprint density at radius 1 is 0.288 bits per heavy atom. The Bertz CT molecular complexity index is 3250. The van der Waals surface area contributed by atoms with Crippen LogP contribution in [0, 0.1) is 62.2 Å². The molecule has 3 heterocycles. The van der Waals surface area contributed by atoms with E-state index < -0.39 is 6.85 Å². The van der Waals surface area contributed by atoms with Crippen LogP contribution in [0.1, 0.15) is 54.2 Å². The maximum atomic E-state index is 7.55. The second-order valence-corrected chi connectivity index (χ2v) is 17.8. The van der Waals surface area contributed by atoms with Gasteiger partial charge < -0.3 is 0 Å². The lowest BCUT2D eigenvalue weighted by Crippen LogP contribution is -2.31. The minimum atomic E-state index is -2.09. The van der Waals surface area contributed by atoms with Gasteiger partial charge in [0.2, 0.25) is 17.1 Å². The van der Waals surface area contributed by atoms with Crippen LogP contribution in [-0.2, 0) is 21.1 Å². The zero-order chi connectivity index (χ0) is 49.6. The molecule has 0 unspecified atom stereocenters. The van der Waals surface area contributed by atoms with Gasteiger partial charge in [0.25, 0.3) is 0 Å². The molecule has 0 aliphatic carbocycles. The minimum absolute atomic E-state index is 0.352. The van der Waals surface area contributed by atoms with Gasteiger partial charge in [0.05, 0.1) is 0 Å². The maximum absolute atomic E-state index is 7.55. The summed E-state index contributed by atoms with van der Waals surface area (Å²) in [5, 5.41) is 0. The second kappa shape index (κ2) is 20.7. The molecule has 0 aliphatic heterocycles. The summed E-state index contributed by atoms with van der Waals surface area (Å²) in [5.74, 6) is 0. The fraction of sp³-hybridized carbons (Fsp3) is 0.190. The third-order valence-corrected chi connectivity index (χ3v) is 12.6. The zero-order valence-corrected chi connectivity index (χ0v) is 40.7. The molecule has 0 N–H and O–H groups in total. The van der Waals surface area contributed by atoms with Crippen LogP contribution in [0.15, 0.2) is 182 Å². The number of hydrogen-bond donors (Lipinski definition) is 0. The van der Waals surface area contributed by atoms with Gasteiger partial charge in [0.15, 0.2) is 18.6 Å². The quantitative estimate of drug-likeness (QED) is 0.148.